The van der Waals surface area contributed by atoms with Crippen LogP contribution in [0.15, 0.2) is 0 Å². The predicted octanol–water partition coefficient (Wildman–Crippen LogP) is 2.16. The van der Waals surface area contributed by atoms with E-state index in [9.17, 15) is 13.6 Å². The van der Waals surface area contributed by atoms with E-state index in [2.05, 4.69) is 10.1 Å². The van der Waals surface area contributed by atoms with Gasteiger partial charge in [-0.25, -0.2) is 13.6 Å². The molecule has 0 saturated carbocycles. The van der Waals surface area contributed by atoms with Crippen molar-refractivity contribution in [1.82, 2.24) is 5.32 Å². The van der Waals surface area contributed by atoms with Crippen molar-refractivity contribution >= 4 is 6.09 Å². The molecule has 0 aliphatic carbocycles. The molecule has 0 radical (unpaired) electrons. The highest BCUT2D eigenvalue weighted by Gasteiger charge is 2.31. The Bertz CT molecular complexity index is 181. The Labute approximate surface area is 76.4 Å². The van der Waals surface area contributed by atoms with Crippen molar-refractivity contribution in [2.45, 2.75) is 45.8 Å². The SMILES string of the molecule is CC(C)OC(=O)NC(C)(C)C(F)F. The highest BCUT2D eigenvalue weighted by molar-refractivity contribution is 5.68. The summed E-state index contributed by atoms with van der Waals surface area (Å²) in [4.78, 5) is 10.9. The number of carbonyl (C=O) groups is 1. The van der Waals surface area contributed by atoms with E-state index in [1.165, 1.54) is 13.8 Å². The minimum atomic E-state index is -2.62. The fourth-order valence-electron chi connectivity index (χ4n) is 0.561. The van der Waals surface area contributed by atoms with Gasteiger partial charge in [-0.2, -0.15) is 0 Å². The number of ether oxygens (including phenoxy) is 1. The smallest absolute Gasteiger partial charge is 0.407 e. The van der Waals surface area contributed by atoms with E-state index in [-0.39, 0.29) is 6.10 Å². The van der Waals surface area contributed by atoms with E-state index in [4.69, 9.17) is 0 Å². The molecule has 78 valence electrons. The van der Waals surface area contributed by atoms with Crippen molar-refractivity contribution in [1.29, 1.82) is 0 Å². The molecule has 1 amide bonds. The molecule has 0 unspecified atom stereocenters. The molecule has 0 fully saturated rings. The first-order valence-corrected chi connectivity index (χ1v) is 4.02. The molecule has 0 aliphatic heterocycles. The number of alkyl carbamates (subject to hydrolysis) is 1. The molecule has 0 spiro atoms. The zero-order chi connectivity index (χ0) is 10.6. The van der Waals surface area contributed by atoms with Gasteiger partial charge in [0.1, 0.15) is 0 Å². The number of nitrogens with one attached hydrogen (secondary N) is 1. The monoisotopic (exact) mass is 195 g/mol. The Hall–Kier alpha value is -0.870. The summed E-state index contributed by atoms with van der Waals surface area (Å²) in [7, 11) is 0. The Balaban J connectivity index is 4.05. The first-order chi connectivity index (χ1) is 5.75. The van der Waals surface area contributed by atoms with Crippen LogP contribution in [0.3, 0.4) is 0 Å². The van der Waals surface area contributed by atoms with Crippen molar-refractivity contribution in [2.75, 3.05) is 0 Å². The molecule has 0 rings (SSSR count). The minimum Gasteiger partial charge on any atom is -0.447 e. The standard InChI is InChI=1S/C8H15F2NO2/c1-5(2)13-7(12)11-8(3,4)6(9)10/h5-6H,1-4H3,(H,11,12). The summed E-state index contributed by atoms with van der Waals surface area (Å²) >= 11 is 0. The third kappa shape index (κ3) is 4.65. The molecule has 0 heterocycles. The van der Waals surface area contributed by atoms with Crippen LogP contribution in [0.5, 0.6) is 0 Å². The fourth-order valence-corrected chi connectivity index (χ4v) is 0.561. The van der Waals surface area contributed by atoms with Crippen LogP contribution in [0, 0.1) is 0 Å². The molecule has 0 bridgehead atoms. The van der Waals surface area contributed by atoms with Crippen LogP contribution < -0.4 is 5.32 Å². The van der Waals surface area contributed by atoms with E-state index in [0.29, 0.717) is 0 Å². The van der Waals surface area contributed by atoms with Gasteiger partial charge in [-0.05, 0) is 27.7 Å². The zero-order valence-electron chi connectivity index (χ0n) is 8.23. The van der Waals surface area contributed by atoms with Crippen LogP contribution in [-0.4, -0.2) is 24.2 Å². The van der Waals surface area contributed by atoms with Gasteiger partial charge in [0.05, 0.1) is 11.6 Å². The van der Waals surface area contributed by atoms with E-state index in [1.807, 2.05) is 0 Å². The summed E-state index contributed by atoms with van der Waals surface area (Å²) in [6, 6.07) is 0. The minimum absolute atomic E-state index is 0.312. The third-order valence-electron chi connectivity index (χ3n) is 1.31. The molecular weight excluding hydrogens is 180 g/mol. The molecule has 0 atom stereocenters. The van der Waals surface area contributed by atoms with E-state index < -0.39 is 18.1 Å². The summed E-state index contributed by atoms with van der Waals surface area (Å²) < 4.78 is 29.1. The molecule has 0 saturated heterocycles. The van der Waals surface area contributed by atoms with Crippen molar-refractivity contribution < 1.29 is 18.3 Å². The molecule has 0 aromatic carbocycles. The van der Waals surface area contributed by atoms with Gasteiger partial charge in [0.25, 0.3) is 6.43 Å². The highest BCUT2D eigenvalue weighted by Crippen LogP contribution is 2.14. The molecule has 5 heteroatoms. The van der Waals surface area contributed by atoms with Crippen LogP contribution in [-0.2, 0) is 4.74 Å². The Kier molecular flexibility index (Phi) is 4.10. The lowest BCUT2D eigenvalue weighted by atomic mass is 10.1. The lowest BCUT2D eigenvalue weighted by molar-refractivity contribution is 0.0397. The van der Waals surface area contributed by atoms with Gasteiger partial charge in [0.15, 0.2) is 0 Å². The Morgan fingerprint density at radius 3 is 2.15 bits per heavy atom. The predicted molar refractivity (Wildman–Crippen MR) is 44.8 cm³/mol. The second-order valence-electron chi connectivity index (χ2n) is 3.60. The average Bonchev–Trinajstić information content (AvgIpc) is 1.82. The number of carbonyl (C=O) groups excluding carboxylic acids is 1. The van der Waals surface area contributed by atoms with Gasteiger partial charge < -0.3 is 10.1 Å². The summed E-state index contributed by atoms with van der Waals surface area (Å²) in [5.74, 6) is 0. The molecule has 0 aromatic heterocycles. The van der Waals surface area contributed by atoms with Gasteiger partial charge in [0.2, 0.25) is 0 Å². The second kappa shape index (κ2) is 4.39. The summed E-state index contributed by atoms with van der Waals surface area (Å²) in [5.41, 5.74) is -1.55. The lowest BCUT2D eigenvalue weighted by Crippen LogP contribution is -2.49. The maximum Gasteiger partial charge on any atom is 0.407 e. The number of rotatable bonds is 3. The van der Waals surface area contributed by atoms with Crippen LogP contribution in [0.25, 0.3) is 0 Å². The van der Waals surface area contributed by atoms with Crippen LogP contribution in [0.1, 0.15) is 27.7 Å². The number of hydrogen-bond acceptors (Lipinski definition) is 2. The normalized spacial score (nSPS) is 12.0. The largest absolute Gasteiger partial charge is 0.447 e. The van der Waals surface area contributed by atoms with Gasteiger partial charge in [-0.3, -0.25) is 0 Å². The fraction of sp³-hybridized carbons (Fsp3) is 0.875. The van der Waals surface area contributed by atoms with Crippen LogP contribution in [0.2, 0.25) is 0 Å². The quantitative estimate of drug-likeness (QED) is 0.749. The van der Waals surface area contributed by atoms with Gasteiger partial charge >= 0.3 is 6.09 Å². The van der Waals surface area contributed by atoms with Gasteiger partial charge in [-0.1, -0.05) is 0 Å². The number of alkyl halides is 2. The zero-order valence-corrected chi connectivity index (χ0v) is 8.23. The molecule has 3 nitrogen and oxygen atoms in total. The lowest BCUT2D eigenvalue weighted by Gasteiger charge is -2.25. The number of halogens is 2. The maximum atomic E-state index is 12.2. The first-order valence-electron chi connectivity index (χ1n) is 4.02. The topological polar surface area (TPSA) is 38.3 Å². The Morgan fingerprint density at radius 2 is 1.85 bits per heavy atom. The highest BCUT2D eigenvalue weighted by atomic mass is 19.3. The second-order valence-corrected chi connectivity index (χ2v) is 3.60. The molecule has 13 heavy (non-hydrogen) atoms. The molecule has 1 N–H and O–H groups in total. The number of hydrogen-bond donors (Lipinski definition) is 1. The van der Waals surface area contributed by atoms with Crippen molar-refractivity contribution in [3.8, 4) is 0 Å². The van der Waals surface area contributed by atoms with Crippen molar-refractivity contribution in [2.24, 2.45) is 0 Å². The van der Waals surface area contributed by atoms with Gasteiger partial charge in [-0.15, -0.1) is 0 Å². The van der Waals surface area contributed by atoms with Crippen molar-refractivity contribution in [3.05, 3.63) is 0 Å². The van der Waals surface area contributed by atoms with E-state index in [1.54, 1.807) is 13.8 Å². The van der Waals surface area contributed by atoms with Crippen LogP contribution in [0.4, 0.5) is 13.6 Å². The average molecular weight is 195 g/mol. The van der Waals surface area contributed by atoms with E-state index >= 15 is 0 Å². The molecule has 0 aromatic rings. The van der Waals surface area contributed by atoms with Gasteiger partial charge in [0, 0.05) is 0 Å². The molecule has 0 aliphatic rings. The summed E-state index contributed by atoms with van der Waals surface area (Å²) in [6.07, 6.45) is -3.75. The number of amides is 1. The van der Waals surface area contributed by atoms with Crippen LogP contribution >= 0.6 is 0 Å². The Morgan fingerprint density at radius 1 is 1.38 bits per heavy atom. The van der Waals surface area contributed by atoms with E-state index in [0.717, 1.165) is 0 Å². The first kappa shape index (κ1) is 12.1. The third-order valence-corrected chi connectivity index (χ3v) is 1.31. The van der Waals surface area contributed by atoms with Crippen molar-refractivity contribution in [3.63, 3.8) is 0 Å². The summed E-state index contributed by atoms with van der Waals surface area (Å²) in [6.45, 7) is 5.77. The maximum absolute atomic E-state index is 12.2. The summed E-state index contributed by atoms with van der Waals surface area (Å²) in [5, 5.41) is 2.08. The molecular formula is C8H15F2NO2.